The molecular weight excluding hydrogens is 402 g/mol. The van der Waals surface area contributed by atoms with Crippen molar-refractivity contribution in [2.45, 2.75) is 26.4 Å². The summed E-state index contributed by atoms with van der Waals surface area (Å²) in [5.41, 5.74) is 7.67. The van der Waals surface area contributed by atoms with E-state index in [1.165, 1.54) is 0 Å². The van der Waals surface area contributed by atoms with Gasteiger partial charge in [0, 0.05) is 17.9 Å². The SMILES string of the molecule is CC(C)Oc1ccc(NS(=O)(=O)CC(=O)NCCc2ccc(N)cc2)cc1.Cl. The maximum Gasteiger partial charge on any atom is 0.241 e. The Morgan fingerprint density at radius 2 is 1.68 bits per heavy atom. The van der Waals surface area contributed by atoms with Crippen LogP contribution in [0, 0.1) is 0 Å². The van der Waals surface area contributed by atoms with E-state index in [4.69, 9.17) is 10.5 Å². The van der Waals surface area contributed by atoms with Crippen LogP contribution >= 0.6 is 12.4 Å². The van der Waals surface area contributed by atoms with Crippen molar-refractivity contribution in [3.05, 3.63) is 54.1 Å². The molecule has 28 heavy (non-hydrogen) atoms. The van der Waals surface area contributed by atoms with Crippen LogP contribution in [0.3, 0.4) is 0 Å². The van der Waals surface area contributed by atoms with E-state index in [1.807, 2.05) is 26.0 Å². The first-order valence-corrected chi connectivity index (χ1v) is 10.3. The van der Waals surface area contributed by atoms with Gasteiger partial charge in [-0.25, -0.2) is 8.42 Å². The second kappa shape index (κ2) is 10.8. The molecule has 0 fully saturated rings. The van der Waals surface area contributed by atoms with Crippen LogP contribution in [0.5, 0.6) is 5.75 Å². The van der Waals surface area contributed by atoms with Crippen molar-refractivity contribution in [3.63, 3.8) is 0 Å². The summed E-state index contributed by atoms with van der Waals surface area (Å²) in [6, 6.07) is 13.8. The zero-order valence-corrected chi connectivity index (χ0v) is 17.5. The van der Waals surface area contributed by atoms with Gasteiger partial charge < -0.3 is 15.8 Å². The minimum atomic E-state index is -3.79. The lowest BCUT2D eigenvalue weighted by Crippen LogP contribution is -2.34. The molecule has 0 aliphatic rings. The number of ether oxygens (including phenoxy) is 1. The average molecular weight is 428 g/mol. The Morgan fingerprint density at radius 1 is 1.07 bits per heavy atom. The molecule has 0 saturated heterocycles. The van der Waals surface area contributed by atoms with E-state index < -0.39 is 21.7 Å². The van der Waals surface area contributed by atoms with Crippen LogP contribution in [0.1, 0.15) is 19.4 Å². The number of rotatable bonds is 9. The lowest BCUT2D eigenvalue weighted by molar-refractivity contribution is -0.118. The molecule has 0 bridgehead atoms. The summed E-state index contributed by atoms with van der Waals surface area (Å²) in [7, 11) is -3.79. The second-order valence-electron chi connectivity index (χ2n) is 6.39. The van der Waals surface area contributed by atoms with Gasteiger partial charge in [0.25, 0.3) is 0 Å². The molecule has 0 saturated carbocycles. The Morgan fingerprint density at radius 3 is 2.25 bits per heavy atom. The molecule has 9 heteroatoms. The highest BCUT2D eigenvalue weighted by Gasteiger charge is 2.16. The van der Waals surface area contributed by atoms with Crippen molar-refractivity contribution < 1.29 is 17.9 Å². The monoisotopic (exact) mass is 427 g/mol. The van der Waals surface area contributed by atoms with Gasteiger partial charge in [-0.1, -0.05) is 12.1 Å². The minimum Gasteiger partial charge on any atom is -0.491 e. The number of carbonyl (C=O) groups excluding carboxylic acids is 1. The minimum absolute atomic E-state index is 0. The molecule has 0 atom stereocenters. The van der Waals surface area contributed by atoms with Crippen molar-refractivity contribution in [1.82, 2.24) is 5.32 Å². The Kier molecular flexibility index (Phi) is 9.08. The molecule has 0 aliphatic heterocycles. The number of hydrogen-bond donors (Lipinski definition) is 3. The summed E-state index contributed by atoms with van der Waals surface area (Å²) < 4.78 is 32.1. The van der Waals surface area contributed by atoms with Crippen molar-refractivity contribution in [2.75, 3.05) is 22.8 Å². The first-order valence-electron chi connectivity index (χ1n) is 8.62. The summed E-state index contributed by atoms with van der Waals surface area (Å²) in [4.78, 5) is 11.9. The quantitative estimate of drug-likeness (QED) is 0.532. The van der Waals surface area contributed by atoms with Gasteiger partial charge >= 0.3 is 0 Å². The summed E-state index contributed by atoms with van der Waals surface area (Å²) in [5.74, 6) is -0.551. The lowest BCUT2D eigenvalue weighted by Gasteiger charge is -2.11. The Bertz CT molecular complexity index is 854. The standard InChI is InChI=1S/C19H25N3O4S.ClH/c1-14(2)26-18-9-7-17(8-10-18)22-27(24,25)13-19(23)21-12-11-15-3-5-16(20)6-4-15;/h3-10,14,22H,11-13,20H2,1-2H3,(H,21,23);1H. The van der Waals surface area contributed by atoms with Crippen molar-refractivity contribution in [2.24, 2.45) is 0 Å². The normalized spacial score (nSPS) is 10.8. The van der Waals surface area contributed by atoms with Gasteiger partial charge in [-0.2, -0.15) is 0 Å². The van der Waals surface area contributed by atoms with Crippen LogP contribution in [0.25, 0.3) is 0 Å². The largest absolute Gasteiger partial charge is 0.491 e. The van der Waals surface area contributed by atoms with Crippen LogP contribution in [0.2, 0.25) is 0 Å². The third-order valence-corrected chi connectivity index (χ3v) is 4.73. The van der Waals surface area contributed by atoms with Crippen LogP contribution < -0.4 is 20.5 Å². The smallest absolute Gasteiger partial charge is 0.241 e. The average Bonchev–Trinajstić information content (AvgIpc) is 2.57. The molecule has 2 aromatic carbocycles. The molecule has 154 valence electrons. The van der Waals surface area contributed by atoms with Crippen LogP contribution in [0.4, 0.5) is 11.4 Å². The molecule has 0 spiro atoms. The molecule has 0 unspecified atom stereocenters. The van der Waals surface area contributed by atoms with Gasteiger partial charge in [-0.3, -0.25) is 9.52 Å². The molecular formula is C19H26ClN3O4S. The summed E-state index contributed by atoms with van der Waals surface area (Å²) in [6.07, 6.45) is 0.626. The van der Waals surface area contributed by atoms with E-state index in [9.17, 15) is 13.2 Å². The summed E-state index contributed by atoms with van der Waals surface area (Å²) >= 11 is 0. The first kappa shape index (κ1) is 23.6. The fourth-order valence-corrected chi connectivity index (χ4v) is 3.36. The number of sulfonamides is 1. The number of hydrogen-bond acceptors (Lipinski definition) is 5. The number of benzene rings is 2. The molecule has 1 amide bonds. The van der Waals surface area contributed by atoms with E-state index in [0.717, 1.165) is 5.56 Å². The lowest BCUT2D eigenvalue weighted by atomic mass is 10.1. The number of nitrogens with one attached hydrogen (secondary N) is 2. The molecule has 0 radical (unpaired) electrons. The zero-order chi connectivity index (χ0) is 19.9. The predicted molar refractivity (Wildman–Crippen MR) is 114 cm³/mol. The van der Waals surface area contributed by atoms with Crippen molar-refractivity contribution in [3.8, 4) is 5.75 Å². The molecule has 2 rings (SSSR count). The molecule has 4 N–H and O–H groups in total. The fraction of sp³-hybridized carbons (Fsp3) is 0.316. The maximum atomic E-state index is 12.1. The van der Waals surface area contributed by atoms with E-state index in [2.05, 4.69) is 10.0 Å². The van der Waals surface area contributed by atoms with E-state index in [0.29, 0.717) is 30.1 Å². The number of halogens is 1. The van der Waals surface area contributed by atoms with Crippen LogP contribution in [-0.4, -0.2) is 32.7 Å². The molecule has 0 aliphatic carbocycles. The highest BCUT2D eigenvalue weighted by atomic mass is 35.5. The highest BCUT2D eigenvalue weighted by Crippen LogP contribution is 2.17. The summed E-state index contributed by atoms with van der Waals surface area (Å²) in [5, 5.41) is 2.61. The fourth-order valence-electron chi connectivity index (χ4n) is 2.34. The maximum absolute atomic E-state index is 12.1. The Labute approximate surface area is 172 Å². The van der Waals surface area contributed by atoms with Gasteiger partial charge in [0.05, 0.1) is 6.10 Å². The number of amides is 1. The van der Waals surface area contributed by atoms with E-state index >= 15 is 0 Å². The molecule has 2 aromatic rings. The van der Waals surface area contributed by atoms with Gasteiger partial charge in [0.1, 0.15) is 11.5 Å². The first-order chi connectivity index (χ1) is 12.7. The Hall–Kier alpha value is -2.45. The third kappa shape index (κ3) is 8.49. The Balaban J connectivity index is 0.00000392. The van der Waals surface area contributed by atoms with Gasteiger partial charge in [0.15, 0.2) is 0 Å². The third-order valence-electron chi connectivity index (χ3n) is 3.54. The van der Waals surface area contributed by atoms with E-state index in [-0.39, 0.29) is 18.5 Å². The van der Waals surface area contributed by atoms with Gasteiger partial charge in [-0.05, 0) is 62.2 Å². The molecule has 0 heterocycles. The van der Waals surface area contributed by atoms with Gasteiger partial charge in [-0.15, -0.1) is 12.4 Å². The van der Waals surface area contributed by atoms with Crippen molar-refractivity contribution in [1.29, 1.82) is 0 Å². The van der Waals surface area contributed by atoms with Crippen LogP contribution in [-0.2, 0) is 21.2 Å². The van der Waals surface area contributed by atoms with Crippen molar-refractivity contribution >= 4 is 39.7 Å². The number of anilines is 2. The molecule has 0 aromatic heterocycles. The number of nitrogen functional groups attached to an aromatic ring is 1. The molecule has 7 nitrogen and oxygen atoms in total. The predicted octanol–water partition coefficient (Wildman–Crippen LogP) is 2.58. The number of nitrogens with two attached hydrogens (primary N) is 1. The topological polar surface area (TPSA) is 111 Å². The zero-order valence-electron chi connectivity index (χ0n) is 15.8. The number of carbonyl (C=O) groups is 1. The van der Waals surface area contributed by atoms with Gasteiger partial charge in [0.2, 0.25) is 15.9 Å². The van der Waals surface area contributed by atoms with Crippen LogP contribution in [0.15, 0.2) is 48.5 Å². The highest BCUT2D eigenvalue weighted by molar-refractivity contribution is 7.93. The van der Waals surface area contributed by atoms with E-state index in [1.54, 1.807) is 36.4 Å². The second-order valence-corrected chi connectivity index (χ2v) is 8.12. The summed E-state index contributed by atoms with van der Waals surface area (Å²) in [6.45, 7) is 4.16.